The van der Waals surface area contributed by atoms with Gasteiger partial charge in [0.2, 0.25) is 0 Å². The van der Waals surface area contributed by atoms with E-state index in [4.69, 9.17) is 24.9 Å². The fourth-order valence-corrected chi connectivity index (χ4v) is 11.4. The van der Waals surface area contributed by atoms with Crippen molar-refractivity contribution in [3.8, 4) is 91.1 Å². The molecule has 0 fully saturated rings. The smallest absolute Gasteiger partial charge is 0.178 e. The molecule has 11 nitrogen and oxygen atoms in total. The second-order valence-corrected chi connectivity index (χ2v) is 28.9. The van der Waals surface area contributed by atoms with Crippen molar-refractivity contribution in [2.24, 2.45) is 0 Å². The van der Waals surface area contributed by atoms with Gasteiger partial charge in [-0.15, -0.1) is 0 Å². The molecular weight excluding hydrogens is 1270 g/mol. The van der Waals surface area contributed by atoms with Crippen molar-refractivity contribution in [2.45, 2.75) is 134 Å². The van der Waals surface area contributed by atoms with Crippen LogP contribution in [0, 0.1) is 0 Å². The molecule has 528 valence electrons. The Balaban J connectivity index is 0.000000174. The maximum absolute atomic E-state index is 4.91. The molecule has 11 heteroatoms. The van der Waals surface area contributed by atoms with Gasteiger partial charge in [0, 0.05) is 61.9 Å². The van der Waals surface area contributed by atoms with Gasteiger partial charge < -0.3 is 0 Å². The van der Waals surface area contributed by atoms with Gasteiger partial charge in [-0.25, -0.2) is 44.9 Å². The van der Waals surface area contributed by atoms with Gasteiger partial charge >= 0.3 is 0 Å². The lowest BCUT2D eigenvalue weighted by atomic mass is 9.86. The highest BCUT2D eigenvalue weighted by Crippen LogP contribution is 2.35. The lowest BCUT2D eigenvalue weighted by molar-refractivity contribution is 0.543. The van der Waals surface area contributed by atoms with E-state index in [0.29, 0.717) is 17.5 Å². The molecular formula is C93H101N11. The minimum absolute atomic E-state index is 0. The largest absolute Gasteiger partial charge is 0.292 e. The van der Waals surface area contributed by atoms with Crippen LogP contribution in [0.2, 0.25) is 0 Å². The van der Waals surface area contributed by atoms with E-state index in [1.165, 1.54) is 16.7 Å². The molecule has 0 amide bonds. The van der Waals surface area contributed by atoms with Crippen molar-refractivity contribution in [3.63, 3.8) is 0 Å². The van der Waals surface area contributed by atoms with Crippen LogP contribution in [0.1, 0.15) is 135 Å². The van der Waals surface area contributed by atoms with Crippen LogP contribution in [0.3, 0.4) is 0 Å². The van der Waals surface area contributed by atoms with E-state index in [0.717, 1.165) is 102 Å². The topological polar surface area (TPSA) is 126 Å². The Kier molecular flexibility index (Phi) is 25.4. The van der Waals surface area contributed by atoms with Gasteiger partial charge in [0.05, 0.1) is 16.6 Å². The Morgan fingerprint density at radius 1 is 0.231 bits per heavy atom. The van der Waals surface area contributed by atoms with Crippen molar-refractivity contribution in [1.82, 2.24) is 54.0 Å². The number of rotatable bonds is 9. The third kappa shape index (κ3) is 18.7. The summed E-state index contributed by atoms with van der Waals surface area (Å²) in [6, 6.07) is 99.2. The molecule has 0 atom stereocenters. The third-order valence-corrected chi connectivity index (χ3v) is 17.1. The Labute approximate surface area is 618 Å². The van der Waals surface area contributed by atoms with Crippen molar-refractivity contribution >= 4 is 22.2 Å². The molecule has 0 N–H and O–H groups in total. The van der Waals surface area contributed by atoms with E-state index in [1.54, 1.807) is 6.20 Å². The summed E-state index contributed by atoms with van der Waals surface area (Å²) in [6.45, 7) is 26.4. The lowest BCUT2D eigenvalue weighted by Crippen LogP contribution is -2.18. The first-order valence-corrected chi connectivity index (χ1v) is 34.1. The van der Waals surface area contributed by atoms with Crippen molar-refractivity contribution < 1.29 is 0 Å². The molecule has 0 aliphatic carbocycles. The van der Waals surface area contributed by atoms with E-state index in [2.05, 4.69) is 246 Å². The number of hydrogen-bond acceptors (Lipinski definition) is 9. The monoisotopic (exact) mass is 1370 g/mol. The first kappa shape index (κ1) is 78.0. The molecule has 0 saturated carbocycles. The van der Waals surface area contributed by atoms with Gasteiger partial charge in [0.15, 0.2) is 34.8 Å². The summed E-state index contributed by atoms with van der Waals surface area (Å²) in [5, 5.41) is 0. The Morgan fingerprint density at radius 2 is 0.510 bits per heavy atom. The predicted molar refractivity (Wildman–Crippen MR) is 439 cm³/mol. The quantitative estimate of drug-likeness (QED) is 0.139. The number of nitrogens with zero attached hydrogens (tertiary/aromatic N) is 11. The normalized spacial score (nSPS) is 11.2. The molecule has 15 rings (SSSR count). The van der Waals surface area contributed by atoms with Crippen LogP contribution < -0.4 is 0 Å². The van der Waals surface area contributed by atoms with Crippen molar-refractivity contribution in [2.75, 3.05) is 0 Å². The van der Waals surface area contributed by atoms with Gasteiger partial charge in [-0.2, -0.15) is 0 Å². The highest BCUT2D eigenvalue weighted by atomic mass is 15.1. The highest BCUT2D eigenvalue weighted by Gasteiger charge is 2.23. The standard InChI is InChI=1S/C25H23N3.C23H22N2.C22H21N3.C19H19N3.4CH4/c1-25(2,3)21-16-14-20(15-17-21)24-27-22(18-10-6-4-7-11-18)26-23(28-24)19-12-8-5-9-13-19;1-23(2,3)18-15-13-17(14-16-18)22-24-20-11-7-8-12-21(20)25(22)19-9-5-4-6-10-19;1-22(2,3)17-13-11-16(12-14-17)21-24-20-19(10-7-15-23-20)25(21)18-8-5-4-6-9-18;1-19(2,3)18-21-16(14-10-6-4-7-11-14)20-17(22-18)15-12-8-5-9-13-15;;;;/h4-17H,1-3H3;4-16H,1-3H3;4-15H,1-3H3;4-13H,1-3H3;4*1H4. The summed E-state index contributed by atoms with van der Waals surface area (Å²) >= 11 is 0. The maximum atomic E-state index is 4.91. The molecule has 5 heterocycles. The maximum Gasteiger partial charge on any atom is 0.178 e. The number of para-hydroxylation sites is 4. The second kappa shape index (κ2) is 33.9. The van der Waals surface area contributed by atoms with Gasteiger partial charge in [-0.1, -0.05) is 355 Å². The molecule has 0 bridgehead atoms. The van der Waals surface area contributed by atoms with Gasteiger partial charge in [0.1, 0.15) is 17.5 Å². The first-order valence-electron chi connectivity index (χ1n) is 34.1. The minimum atomic E-state index is -0.129. The zero-order valence-corrected chi connectivity index (χ0v) is 59.2. The van der Waals surface area contributed by atoms with Gasteiger partial charge in [-0.05, 0) is 81.5 Å². The molecule has 0 aliphatic rings. The fraction of sp³-hybridized carbons (Fsp3) is 0.215. The van der Waals surface area contributed by atoms with Crippen LogP contribution in [-0.2, 0) is 21.7 Å². The predicted octanol–water partition coefficient (Wildman–Crippen LogP) is 24.6. The Bertz CT molecular complexity index is 4860. The molecule has 5 aromatic heterocycles. The number of fused-ring (bicyclic) bond motifs is 2. The Hall–Kier alpha value is -11.7. The minimum Gasteiger partial charge on any atom is -0.292 e. The van der Waals surface area contributed by atoms with E-state index in [9.17, 15) is 0 Å². The van der Waals surface area contributed by atoms with Crippen LogP contribution >= 0.6 is 0 Å². The molecule has 0 saturated heterocycles. The van der Waals surface area contributed by atoms with Crippen molar-refractivity contribution in [1.29, 1.82) is 0 Å². The van der Waals surface area contributed by atoms with Crippen LogP contribution in [-0.4, -0.2) is 54.0 Å². The number of imidazole rings is 2. The average Bonchev–Trinajstić information content (AvgIpc) is 1.61. The van der Waals surface area contributed by atoms with Crippen LogP contribution in [0.4, 0.5) is 0 Å². The van der Waals surface area contributed by atoms with Crippen molar-refractivity contribution in [3.05, 3.63) is 320 Å². The molecule has 0 spiro atoms. The molecule has 104 heavy (non-hydrogen) atoms. The third-order valence-electron chi connectivity index (χ3n) is 17.1. The highest BCUT2D eigenvalue weighted by molar-refractivity contribution is 5.84. The summed E-state index contributed by atoms with van der Waals surface area (Å²) in [7, 11) is 0. The van der Waals surface area contributed by atoms with E-state index in [-0.39, 0.29) is 51.4 Å². The molecule has 15 aromatic rings. The summed E-state index contributed by atoms with van der Waals surface area (Å²) in [6.07, 6.45) is 1.79. The van der Waals surface area contributed by atoms with E-state index >= 15 is 0 Å². The van der Waals surface area contributed by atoms with Crippen LogP contribution in [0.25, 0.3) is 113 Å². The summed E-state index contributed by atoms with van der Waals surface area (Å²) < 4.78 is 4.41. The van der Waals surface area contributed by atoms with Gasteiger partial charge in [-0.3, -0.25) is 9.13 Å². The molecule has 0 unspecified atom stereocenters. The zero-order chi connectivity index (χ0) is 70.0. The number of aromatic nitrogens is 11. The average molecular weight is 1370 g/mol. The summed E-state index contributed by atoms with van der Waals surface area (Å²) in [5.74, 6) is 6.20. The first-order chi connectivity index (χ1) is 48.1. The SMILES string of the molecule is C.C.C.C.CC(C)(C)c1ccc(-c2nc(-c3ccccc3)nc(-c3ccccc3)n2)cc1.CC(C)(C)c1ccc(-c2nc3ccccc3n2-c2ccccc2)cc1.CC(C)(C)c1ccc(-c2nc3ncccc3n2-c2ccccc2)cc1.CC(C)(C)c1nc(-c2ccccc2)nc(-c2ccccc2)n1. The molecule has 0 aliphatic heterocycles. The van der Waals surface area contributed by atoms with E-state index in [1.807, 2.05) is 158 Å². The summed E-state index contributed by atoms with van der Waals surface area (Å²) in [5.41, 5.74) is 17.5. The number of hydrogen-bond donors (Lipinski definition) is 0. The number of pyridine rings is 1. The summed E-state index contributed by atoms with van der Waals surface area (Å²) in [4.78, 5) is 42.4. The van der Waals surface area contributed by atoms with E-state index < -0.39 is 0 Å². The van der Waals surface area contributed by atoms with Gasteiger partial charge in [0.25, 0.3) is 0 Å². The number of benzene rings is 10. The van der Waals surface area contributed by atoms with Crippen LogP contribution in [0.15, 0.2) is 297 Å². The Morgan fingerprint density at radius 3 is 0.856 bits per heavy atom. The molecule has 10 aromatic carbocycles. The fourth-order valence-electron chi connectivity index (χ4n) is 11.4. The zero-order valence-electron chi connectivity index (χ0n) is 59.2. The van der Waals surface area contributed by atoms with Crippen LogP contribution in [0.5, 0.6) is 0 Å². The second-order valence-electron chi connectivity index (χ2n) is 28.9. The molecule has 0 radical (unpaired) electrons. The lowest BCUT2D eigenvalue weighted by Gasteiger charge is -2.19.